The number of aromatic nitrogens is 2. The Bertz CT molecular complexity index is 719. The van der Waals surface area contributed by atoms with Gasteiger partial charge in [0.2, 0.25) is 0 Å². The molecule has 2 atom stereocenters. The Balaban J connectivity index is 0.00000261. The highest BCUT2D eigenvalue weighted by Gasteiger charge is 2.28. The summed E-state index contributed by atoms with van der Waals surface area (Å²) in [6.45, 7) is 7.64. The lowest BCUT2D eigenvalue weighted by molar-refractivity contribution is 0.189. The van der Waals surface area contributed by atoms with E-state index in [4.69, 9.17) is 4.74 Å². The van der Waals surface area contributed by atoms with Crippen LogP contribution in [0.1, 0.15) is 31.9 Å². The van der Waals surface area contributed by atoms with Gasteiger partial charge in [-0.2, -0.15) is 0 Å². The van der Waals surface area contributed by atoms with Crippen molar-refractivity contribution in [3.63, 3.8) is 0 Å². The number of aliphatic imine (C=N–C) groups is 1. The lowest BCUT2D eigenvalue weighted by Crippen LogP contribution is -2.48. The third kappa shape index (κ3) is 5.37. The molecule has 27 heavy (non-hydrogen) atoms. The summed E-state index contributed by atoms with van der Waals surface area (Å²) in [5.74, 6) is 2.49. The van der Waals surface area contributed by atoms with Crippen LogP contribution < -0.4 is 10.1 Å². The average molecular weight is 483 g/mol. The maximum atomic E-state index is 5.72. The zero-order valence-electron chi connectivity index (χ0n) is 16.3. The number of likely N-dealkylation sites (tertiary alicyclic amines) is 1. The molecule has 2 unspecified atom stereocenters. The maximum absolute atomic E-state index is 5.72. The molecular formula is C20H30IN5O. The van der Waals surface area contributed by atoms with Gasteiger partial charge in [-0.15, -0.1) is 24.0 Å². The van der Waals surface area contributed by atoms with Crippen LogP contribution >= 0.6 is 24.0 Å². The smallest absolute Gasteiger partial charge is 0.193 e. The number of hydrogen-bond donors (Lipinski definition) is 1. The Hall–Kier alpha value is -1.77. The topological polar surface area (TPSA) is 54.7 Å². The molecule has 2 aromatic rings. The van der Waals surface area contributed by atoms with E-state index in [0.29, 0.717) is 25.1 Å². The highest BCUT2D eigenvalue weighted by Crippen LogP contribution is 2.27. The molecule has 1 aromatic carbocycles. The Labute approximate surface area is 179 Å². The van der Waals surface area contributed by atoms with E-state index >= 15 is 0 Å². The molecular weight excluding hydrogens is 453 g/mol. The Morgan fingerprint density at radius 2 is 2.19 bits per heavy atom. The van der Waals surface area contributed by atoms with Gasteiger partial charge in [0.05, 0.1) is 19.0 Å². The van der Waals surface area contributed by atoms with Gasteiger partial charge in [0, 0.05) is 44.6 Å². The van der Waals surface area contributed by atoms with Crippen molar-refractivity contribution in [2.45, 2.75) is 32.9 Å². The summed E-state index contributed by atoms with van der Waals surface area (Å²) in [7, 11) is 1.85. The van der Waals surface area contributed by atoms with Crippen molar-refractivity contribution in [3.8, 4) is 5.75 Å². The van der Waals surface area contributed by atoms with E-state index in [-0.39, 0.29) is 24.0 Å². The van der Waals surface area contributed by atoms with Crippen LogP contribution in [0.2, 0.25) is 0 Å². The second-order valence-electron chi connectivity index (χ2n) is 6.73. The molecule has 0 amide bonds. The fourth-order valence-corrected chi connectivity index (χ4v) is 3.55. The van der Waals surface area contributed by atoms with Gasteiger partial charge in [-0.05, 0) is 25.3 Å². The number of hydrogen-bond acceptors (Lipinski definition) is 3. The van der Waals surface area contributed by atoms with Crippen molar-refractivity contribution >= 4 is 29.9 Å². The van der Waals surface area contributed by atoms with E-state index in [0.717, 1.165) is 36.8 Å². The molecule has 3 rings (SSSR count). The van der Waals surface area contributed by atoms with E-state index in [2.05, 4.69) is 43.9 Å². The molecule has 1 saturated heterocycles. The first-order chi connectivity index (χ1) is 12.7. The first kappa shape index (κ1) is 21.5. The van der Waals surface area contributed by atoms with E-state index in [9.17, 15) is 0 Å². The number of nitrogens with zero attached hydrogens (tertiary/aromatic N) is 4. The van der Waals surface area contributed by atoms with Crippen molar-refractivity contribution in [1.82, 2.24) is 19.8 Å². The number of nitrogens with one attached hydrogen (secondary N) is 1. The number of para-hydroxylation sites is 1. The molecule has 1 aliphatic heterocycles. The van der Waals surface area contributed by atoms with E-state index in [1.54, 1.807) is 0 Å². The van der Waals surface area contributed by atoms with Crippen molar-refractivity contribution in [2.24, 2.45) is 10.9 Å². The third-order valence-corrected chi connectivity index (χ3v) is 5.05. The summed E-state index contributed by atoms with van der Waals surface area (Å²) in [6.07, 6.45) is 6.96. The predicted molar refractivity (Wildman–Crippen MR) is 120 cm³/mol. The van der Waals surface area contributed by atoms with Crippen LogP contribution in [0.3, 0.4) is 0 Å². The second kappa shape index (κ2) is 10.5. The van der Waals surface area contributed by atoms with Crippen molar-refractivity contribution in [1.29, 1.82) is 0 Å². The van der Waals surface area contributed by atoms with Crippen LogP contribution in [-0.2, 0) is 6.54 Å². The quantitative estimate of drug-likeness (QED) is 0.402. The van der Waals surface area contributed by atoms with Gasteiger partial charge in [-0.1, -0.05) is 25.1 Å². The van der Waals surface area contributed by atoms with Gasteiger partial charge in [-0.25, -0.2) is 4.98 Å². The van der Waals surface area contributed by atoms with Crippen LogP contribution in [0, 0.1) is 5.92 Å². The molecule has 0 radical (unpaired) electrons. The largest absolute Gasteiger partial charge is 0.494 e. The zero-order valence-corrected chi connectivity index (χ0v) is 18.7. The number of imidazole rings is 1. The van der Waals surface area contributed by atoms with E-state index < -0.39 is 0 Å². The first-order valence-corrected chi connectivity index (χ1v) is 9.36. The SMILES string of the molecule is CCOc1ccccc1CNC(=NC)N1CCC(C)C(n2ccnc2)C1.I. The zero-order chi connectivity index (χ0) is 18.4. The van der Waals surface area contributed by atoms with Gasteiger partial charge >= 0.3 is 0 Å². The summed E-state index contributed by atoms with van der Waals surface area (Å²) < 4.78 is 7.94. The molecule has 2 heterocycles. The lowest BCUT2D eigenvalue weighted by Gasteiger charge is -2.39. The Morgan fingerprint density at radius 3 is 2.89 bits per heavy atom. The standard InChI is InChI=1S/C20H29N5O.HI/c1-4-26-19-8-6-5-7-17(19)13-23-20(21-3)24-11-9-16(2)18(14-24)25-12-10-22-15-25;/h5-8,10,12,15-16,18H,4,9,11,13-14H2,1-3H3,(H,21,23);1H. The van der Waals surface area contributed by atoms with Crippen molar-refractivity contribution in [2.75, 3.05) is 26.7 Å². The molecule has 1 aromatic heterocycles. The molecule has 1 fully saturated rings. The number of ether oxygens (including phenoxy) is 1. The van der Waals surface area contributed by atoms with Crippen molar-refractivity contribution < 1.29 is 4.74 Å². The number of piperidine rings is 1. The number of halogens is 1. The highest BCUT2D eigenvalue weighted by molar-refractivity contribution is 14.0. The molecule has 0 saturated carbocycles. The number of guanidine groups is 1. The Kier molecular flexibility index (Phi) is 8.40. The predicted octanol–water partition coefficient (Wildman–Crippen LogP) is 3.56. The van der Waals surface area contributed by atoms with Crippen LogP contribution in [0.15, 0.2) is 48.0 Å². The van der Waals surface area contributed by atoms with Gasteiger partial charge in [0.15, 0.2) is 5.96 Å². The minimum atomic E-state index is 0. The molecule has 6 nitrogen and oxygen atoms in total. The fraction of sp³-hybridized carbons (Fsp3) is 0.500. The van der Waals surface area contributed by atoms with Crippen LogP contribution in [0.5, 0.6) is 5.75 Å². The molecule has 7 heteroatoms. The highest BCUT2D eigenvalue weighted by atomic mass is 127. The molecule has 0 spiro atoms. The van der Waals surface area contributed by atoms with Crippen LogP contribution in [-0.4, -0.2) is 47.2 Å². The van der Waals surface area contributed by atoms with Crippen molar-refractivity contribution in [3.05, 3.63) is 48.5 Å². The molecule has 0 bridgehead atoms. The van der Waals surface area contributed by atoms with E-state index in [1.165, 1.54) is 0 Å². The minimum Gasteiger partial charge on any atom is -0.494 e. The van der Waals surface area contributed by atoms with Gasteiger partial charge in [0.1, 0.15) is 5.75 Å². The Morgan fingerprint density at radius 1 is 1.37 bits per heavy atom. The summed E-state index contributed by atoms with van der Waals surface area (Å²) in [5.41, 5.74) is 1.15. The normalized spacial score (nSPS) is 20.1. The summed E-state index contributed by atoms with van der Waals surface area (Å²) in [4.78, 5) is 11.1. The third-order valence-electron chi connectivity index (χ3n) is 5.05. The number of benzene rings is 1. The van der Waals surface area contributed by atoms with E-state index in [1.807, 2.05) is 44.7 Å². The number of rotatable bonds is 5. The van der Waals surface area contributed by atoms with Gasteiger partial charge in [-0.3, -0.25) is 4.99 Å². The van der Waals surface area contributed by atoms with Gasteiger partial charge < -0.3 is 19.5 Å². The lowest BCUT2D eigenvalue weighted by atomic mass is 9.93. The summed E-state index contributed by atoms with van der Waals surface area (Å²) >= 11 is 0. The maximum Gasteiger partial charge on any atom is 0.193 e. The summed E-state index contributed by atoms with van der Waals surface area (Å²) in [5, 5.41) is 3.51. The van der Waals surface area contributed by atoms with Crippen LogP contribution in [0.4, 0.5) is 0 Å². The molecule has 148 valence electrons. The molecule has 0 aliphatic carbocycles. The second-order valence-corrected chi connectivity index (χ2v) is 6.73. The average Bonchev–Trinajstić information content (AvgIpc) is 3.19. The first-order valence-electron chi connectivity index (χ1n) is 9.36. The van der Waals surface area contributed by atoms with Crippen LogP contribution in [0.25, 0.3) is 0 Å². The monoisotopic (exact) mass is 483 g/mol. The summed E-state index contributed by atoms with van der Waals surface area (Å²) in [6, 6.07) is 8.57. The molecule has 1 N–H and O–H groups in total. The fourth-order valence-electron chi connectivity index (χ4n) is 3.55. The molecule has 1 aliphatic rings. The van der Waals surface area contributed by atoms with Gasteiger partial charge in [0.25, 0.3) is 0 Å². The minimum absolute atomic E-state index is 0.